The third kappa shape index (κ3) is 3.18. The van der Waals surface area contributed by atoms with Gasteiger partial charge in [-0.2, -0.15) is 5.10 Å². The summed E-state index contributed by atoms with van der Waals surface area (Å²) in [6, 6.07) is 6.70. The van der Waals surface area contributed by atoms with Gasteiger partial charge in [-0.15, -0.1) is 0 Å². The molecule has 5 heteroatoms. The van der Waals surface area contributed by atoms with E-state index in [1.807, 2.05) is 20.0 Å². The Bertz CT molecular complexity index is 583. The highest BCUT2D eigenvalue weighted by atomic mass is 79.9. The number of nitrogens with zero attached hydrogens (tertiary/aromatic N) is 2. The van der Waals surface area contributed by atoms with Crippen LogP contribution in [0.2, 0.25) is 5.02 Å². The summed E-state index contributed by atoms with van der Waals surface area (Å²) in [4.78, 5) is 0. The normalized spacial score (nSPS) is 12.7. The van der Waals surface area contributed by atoms with Gasteiger partial charge in [0.15, 0.2) is 0 Å². The van der Waals surface area contributed by atoms with Crippen molar-refractivity contribution in [2.45, 2.75) is 19.3 Å². The van der Waals surface area contributed by atoms with Gasteiger partial charge in [0.25, 0.3) is 0 Å². The summed E-state index contributed by atoms with van der Waals surface area (Å²) in [5.41, 5.74) is 2.77. The fourth-order valence-electron chi connectivity index (χ4n) is 2.16. The molecule has 2 aromatic rings. The minimum absolute atomic E-state index is 0.169. The first-order valence-corrected chi connectivity index (χ1v) is 7.52. The van der Waals surface area contributed by atoms with Crippen molar-refractivity contribution >= 4 is 27.5 Å². The highest BCUT2D eigenvalue weighted by Crippen LogP contribution is 2.28. The number of hydrogen-bond donors (Lipinski definition) is 0. The quantitative estimate of drug-likeness (QED) is 0.758. The number of alkyl halides is 1. The lowest BCUT2D eigenvalue weighted by Gasteiger charge is -2.15. The summed E-state index contributed by atoms with van der Waals surface area (Å²) in [5.74, 6) is -0.0428. The molecule has 0 aliphatic heterocycles. The van der Waals surface area contributed by atoms with E-state index in [-0.39, 0.29) is 11.7 Å². The Morgan fingerprint density at radius 3 is 2.74 bits per heavy atom. The molecule has 0 amide bonds. The monoisotopic (exact) mass is 344 g/mol. The summed E-state index contributed by atoms with van der Waals surface area (Å²) < 4.78 is 15.1. The van der Waals surface area contributed by atoms with Crippen molar-refractivity contribution in [2.24, 2.45) is 7.05 Å². The number of benzene rings is 1. The lowest BCUT2D eigenvalue weighted by atomic mass is 9.96. The molecule has 0 N–H and O–H groups in total. The molecule has 102 valence electrons. The predicted octanol–water partition coefficient (Wildman–Crippen LogP) is 4.24. The summed E-state index contributed by atoms with van der Waals surface area (Å²) in [6.07, 6.45) is 0.727. The van der Waals surface area contributed by atoms with E-state index in [9.17, 15) is 4.39 Å². The average molecular weight is 346 g/mol. The van der Waals surface area contributed by atoms with Gasteiger partial charge in [-0.3, -0.25) is 4.68 Å². The zero-order chi connectivity index (χ0) is 14.0. The van der Waals surface area contributed by atoms with E-state index in [1.54, 1.807) is 16.8 Å². The van der Waals surface area contributed by atoms with Crippen LogP contribution in [0.4, 0.5) is 4.39 Å². The molecule has 1 atom stereocenters. The van der Waals surface area contributed by atoms with Crippen LogP contribution in [0.3, 0.4) is 0 Å². The van der Waals surface area contributed by atoms with Gasteiger partial charge >= 0.3 is 0 Å². The summed E-state index contributed by atoms with van der Waals surface area (Å²) in [6.45, 7) is 1.89. The second-order valence-corrected chi connectivity index (χ2v) is 5.61. The van der Waals surface area contributed by atoms with Crippen molar-refractivity contribution in [1.29, 1.82) is 0 Å². The molecule has 0 radical (unpaired) electrons. The third-order valence-corrected chi connectivity index (χ3v) is 4.48. The van der Waals surface area contributed by atoms with E-state index in [1.165, 1.54) is 6.07 Å². The van der Waals surface area contributed by atoms with Crippen LogP contribution in [0.1, 0.15) is 22.9 Å². The van der Waals surface area contributed by atoms with Gasteiger partial charge in [-0.05, 0) is 37.0 Å². The minimum Gasteiger partial charge on any atom is -0.271 e. The van der Waals surface area contributed by atoms with Crippen LogP contribution in [-0.4, -0.2) is 15.1 Å². The van der Waals surface area contributed by atoms with Gasteiger partial charge in [0.1, 0.15) is 5.82 Å². The zero-order valence-corrected chi connectivity index (χ0v) is 13.2. The van der Waals surface area contributed by atoms with Crippen LogP contribution >= 0.6 is 27.5 Å². The smallest absolute Gasteiger partial charge is 0.123 e. The maximum atomic E-state index is 13.3. The van der Waals surface area contributed by atoms with E-state index >= 15 is 0 Å². The standard InChI is InChI=1S/C14H15BrClFN2/c1-9-14(16)13(19(2)18-9)7-11(8-15)10-4-3-5-12(17)6-10/h3-6,11H,7-8H2,1-2H3. The van der Waals surface area contributed by atoms with Crippen molar-refractivity contribution in [2.75, 3.05) is 5.33 Å². The number of aromatic nitrogens is 2. The molecule has 0 saturated carbocycles. The van der Waals surface area contributed by atoms with Gasteiger partial charge in [-0.25, -0.2) is 4.39 Å². The van der Waals surface area contributed by atoms with Crippen molar-refractivity contribution < 1.29 is 4.39 Å². The predicted molar refractivity (Wildman–Crippen MR) is 79.6 cm³/mol. The molecule has 1 aromatic carbocycles. The zero-order valence-electron chi connectivity index (χ0n) is 10.8. The second kappa shape index (κ2) is 6.06. The molecule has 0 aliphatic rings. The summed E-state index contributed by atoms with van der Waals surface area (Å²) >= 11 is 9.76. The van der Waals surface area contributed by atoms with Crippen LogP contribution in [0.15, 0.2) is 24.3 Å². The van der Waals surface area contributed by atoms with Gasteiger partial charge in [-0.1, -0.05) is 39.7 Å². The maximum absolute atomic E-state index is 13.3. The van der Waals surface area contributed by atoms with Crippen LogP contribution in [-0.2, 0) is 13.5 Å². The van der Waals surface area contributed by atoms with Crippen LogP contribution < -0.4 is 0 Å². The third-order valence-electron chi connectivity index (χ3n) is 3.21. The molecule has 2 rings (SSSR count). The largest absolute Gasteiger partial charge is 0.271 e. The van der Waals surface area contributed by atoms with Gasteiger partial charge in [0, 0.05) is 12.4 Å². The molecule has 2 nitrogen and oxygen atoms in total. The molecular formula is C14H15BrClFN2. The van der Waals surface area contributed by atoms with Gasteiger partial charge in [0.05, 0.1) is 16.4 Å². The Morgan fingerprint density at radius 2 is 2.21 bits per heavy atom. The molecule has 19 heavy (non-hydrogen) atoms. The fraction of sp³-hybridized carbons (Fsp3) is 0.357. The SMILES string of the molecule is Cc1nn(C)c(CC(CBr)c2cccc(F)c2)c1Cl. The Hall–Kier alpha value is -0.870. The maximum Gasteiger partial charge on any atom is 0.123 e. The number of hydrogen-bond acceptors (Lipinski definition) is 1. The molecule has 0 saturated heterocycles. The van der Waals surface area contributed by atoms with E-state index in [4.69, 9.17) is 11.6 Å². The minimum atomic E-state index is -0.212. The summed E-state index contributed by atoms with van der Waals surface area (Å²) in [7, 11) is 1.88. The van der Waals surface area contributed by atoms with Crippen molar-refractivity contribution in [3.63, 3.8) is 0 Å². The van der Waals surface area contributed by atoms with Crippen LogP contribution in [0.5, 0.6) is 0 Å². The summed E-state index contributed by atoms with van der Waals surface area (Å²) in [5, 5.41) is 5.75. The average Bonchev–Trinajstić information content (AvgIpc) is 2.61. The van der Waals surface area contributed by atoms with Gasteiger partial charge in [0.2, 0.25) is 0 Å². The van der Waals surface area contributed by atoms with E-state index in [2.05, 4.69) is 21.0 Å². The number of rotatable bonds is 4. The molecule has 0 spiro atoms. The Kier molecular flexibility index (Phi) is 4.63. The molecule has 0 fully saturated rings. The first-order chi connectivity index (χ1) is 9.02. The van der Waals surface area contributed by atoms with Gasteiger partial charge < -0.3 is 0 Å². The number of halogens is 3. The van der Waals surface area contributed by atoms with Crippen LogP contribution in [0, 0.1) is 12.7 Å². The molecular weight excluding hydrogens is 331 g/mol. The van der Waals surface area contributed by atoms with Crippen LogP contribution in [0.25, 0.3) is 0 Å². The second-order valence-electron chi connectivity index (χ2n) is 4.58. The van der Waals surface area contributed by atoms with Crippen molar-refractivity contribution in [3.8, 4) is 0 Å². The molecule has 1 unspecified atom stereocenters. The first-order valence-electron chi connectivity index (χ1n) is 6.02. The molecule has 0 bridgehead atoms. The number of aryl methyl sites for hydroxylation is 2. The molecule has 1 heterocycles. The van der Waals surface area contributed by atoms with E-state index in [0.29, 0.717) is 5.02 Å². The van der Waals surface area contributed by atoms with Crippen molar-refractivity contribution in [3.05, 3.63) is 52.1 Å². The topological polar surface area (TPSA) is 17.8 Å². The van der Waals surface area contributed by atoms with E-state index in [0.717, 1.165) is 28.7 Å². The lowest BCUT2D eigenvalue weighted by molar-refractivity contribution is 0.617. The Balaban J connectivity index is 2.29. The highest BCUT2D eigenvalue weighted by Gasteiger charge is 2.18. The van der Waals surface area contributed by atoms with E-state index < -0.39 is 0 Å². The van der Waals surface area contributed by atoms with Crippen molar-refractivity contribution in [1.82, 2.24) is 9.78 Å². The Morgan fingerprint density at radius 1 is 1.47 bits per heavy atom. The highest BCUT2D eigenvalue weighted by molar-refractivity contribution is 9.09. The molecule has 1 aromatic heterocycles. The lowest BCUT2D eigenvalue weighted by Crippen LogP contribution is -2.09. The first kappa shape index (κ1) is 14.5. The fourth-order valence-corrected chi connectivity index (χ4v) is 3.00. The molecule has 0 aliphatic carbocycles. The Labute approximate surface area is 125 Å².